The second-order valence-corrected chi connectivity index (χ2v) is 5.89. The van der Waals surface area contributed by atoms with Crippen LogP contribution in [0.15, 0.2) is 9.95 Å². The summed E-state index contributed by atoms with van der Waals surface area (Å²) >= 11 is 1.36. The summed E-state index contributed by atoms with van der Waals surface area (Å²) in [5.74, 6) is 0.474. The summed E-state index contributed by atoms with van der Waals surface area (Å²) in [7, 11) is 0. The number of aromatic amines is 1. The van der Waals surface area contributed by atoms with Crippen molar-refractivity contribution in [2.45, 2.75) is 50.2 Å². The molecule has 2 unspecified atom stereocenters. The number of rotatable bonds is 7. The molecule has 7 heteroatoms. The fourth-order valence-corrected chi connectivity index (χ4v) is 2.83. The maximum Gasteiger partial charge on any atom is 0.343 e. The van der Waals surface area contributed by atoms with Crippen LogP contribution in [0.25, 0.3) is 0 Å². The number of nitrogens with two attached hydrogens (primary N) is 1. The van der Waals surface area contributed by atoms with Crippen molar-refractivity contribution in [1.82, 2.24) is 14.8 Å². The van der Waals surface area contributed by atoms with Gasteiger partial charge in [0.1, 0.15) is 0 Å². The fourth-order valence-electron chi connectivity index (χ4n) is 1.76. The Labute approximate surface area is 111 Å². The lowest BCUT2D eigenvalue weighted by Crippen LogP contribution is -2.36. The number of aromatic nitrogens is 3. The van der Waals surface area contributed by atoms with Gasteiger partial charge in [-0.05, 0) is 19.3 Å². The third-order valence-corrected chi connectivity index (χ3v) is 4.02. The molecule has 1 heterocycles. The minimum Gasteiger partial charge on any atom is -0.395 e. The van der Waals surface area contributed by atoms with E-state index < -0.39 is 0 Å². The molecule has 0 bridgehead atoms. The van der Waals surface area contributed by atoms with Crippen molar-refractivity contribution >= 4 is 11.8 Å². The molecule has 6 nitrogen and oxygen atoms in total. The largest absolute Gasteiger partial charge is 0.395 e. The molecule has 0 spiro atoms. The number of thioether (sulfide) groups is 1. The molecule has 0 amide bonds. The third-order valence-electron chi connectivity index (χ3n) is 2.70. The summed E-state index contributed by atoms with van der Waals surface area (Å²) < 4.78 is 1.54. The SMILES string of the molecule is CCn1c(SC(CO)C(N)CC(C)C)n[nH]c1=O. The lowest BCUT2D eigenvalue weighted by Gasteiger charge is -2.22. The van der Waals surface area contributed by atoms with Crippen molar-refractivity contribution in [2.75, 3.05) is 6.61 Å². The molecule has 2 atom stereocenters. The van der Waals surface area contributed by atoms with Gasteiger partial charge in [0.25, 0.3) is 0 Å². The van der Waals surface area contributed by atoms with E-state index in [0.717, 1.165) is 6.42 Å². The number of hydrogen-bond acceptors (Lipinski definition) is 5. The average molecular weight is 274 g/mol. The zero-order chi connectivity index (χ0) is 13.7. The molecular weight excluding hydrogens is 252 g/mol. The standard InChI is InChI=1S/C11H22N4O2S/c1-4-15-10(17)13-14-11(15)18-9(6-16)8(12)5-7(2)3/h7-9,16H,4-6,12H2,1-3H3,(H,13,17). The molecule has 18 heavy (non-hydrogen) atoms. The summed E-state index contributed by atoms with van der Waals surface area (Å²) in [6.45, 7) is 6.59. The molecule has 1 rings (SSSR count). The Bertz CT molecular complexity index is 415. The van der Waals surface area contributed by atoms with E-state index in [2.05, 4.69) is 24.0 Å². The number of nitrogens with zero attached hydrogens (tertiary/aromatic N) is 2. The van der Waals surface area contributed by atoms with E-state index in [1.54, 1.807) is 0 Å². The van der Waals surface area contributed by atoms with Crippen molar-refractivity contribution in [3.05, 3.63) is 10.5 Å². The zero-order valence-corrected chi connectivity index (χ0v) is 11.9. The van der Waals surface area contributed by atoms with Crippen molar-refractivity contribution < 1.29 is 5.11 Å². The number of H-pyrrole nitrogens is 1. The first-order valence-electron chi connectivity index (χ1n) is 6.17. The van der Waals surface area contributed by atoms with Crippen LogP contribution in [-0.2, 0) is 6.54 Å². The van der Waals surface area contributed by atoms with E-state index in [9.17, 15) is 9.90 Å². The van der Waals surface area contributed by atoms with Crippen molar-refractivity contribution in [2.24, 2.45) is 11.7 Å². The van der Waals surface area contributed by atoms with Crippen molar-refractivity contribution in [1.29, 1.82) is 0 Å². The highest BCUT2D eigenvalue weighted by Gasteiger charge is 2.22. The van der Waals surface area contributed by atoms with Crippen molar-refractivity contribution in [3.8, 4) is 0 Å². The topological polar surface area (TPSA) is 96.9 Å². The first-order chi connectivity index (χ1) is 8.49. The van der Waals surface area contributed by atoms with Crippen LogP contribution in [0, 0.1) is 5.92 Å². The van der Waals surface area contributed by atoms with Crippen LogP contribution in [-0.4, -0.2) is 37.8 Å². The Morgan fingerprint density at radius 3 is 2.72 bits per heavy atom. The third kappa shape index (κ3) is 3.86. The van der Waals surface area contributed by atoms with Crippen LogP contribution in [0.2, 0.25) is 0 Å². The van der Waals surface area contributed by atoms with Gasteiger partial charge < -0.3 is 10.8 Å². The second-order valence-electron chi connectivity index (χ2n) is 4.69. The molecule has 0 aliphatic rings. The minimum absolute atomic E-state index is 0.0245. The van der Waals surface area contributed by atoms with Gasteiger partial charge in [-0.1, -0.05) is 25.6 Å². The van der Waals surface area contributed by atoms with E-state index in [1.807, 2.05) is 6.92 Å². The van der Waals surface area contributed by atoms with Gasteiger partial charge in [0.05, 0.1) is 11.9 Å². The molecule has 1 aromatic rings. The molecule has 1 aromatic heterocycles. The zero-order valence-electron chi connectivity index (χ0n) is 11.1. The van der Waals surface area contributed by atoms with Gasteiger partial charge in [-0.2, -0.15) is 0 Å². The molecule has 0 saturated carbocycles. The lowest BCUT2D eigenvalue weighted by atomic mass is 10.0. The molecule has 0 radical (unpaired) electrons. The van der Waals surface area contributed by atoms with E-state index in [0.29, 0.717) is 17.6 Å². The monoisotopic (exact) mass is 274 g/mol. The van der Waals surface area contributed by atoms with Gasteiger partial charge in [-0.3, -0.25) is 4.57 Å². The van der Waals surface area contributed by atoms with Gasteiger partial charge >= 0.3 is 5.69 Å². The number of nitrogens with one attached hydrogen (secondary N) is 1. The first kappa shape index (κ1) is 15.3. The predicted molar refractivity (Wildman–Crippen MR) is 72.7 cm³/mol. The maximum atomic E-state index is 11.4. The summed E-state index contributed by atoms with van der Waals surface area (Å²) in [4.78, 5) is 11.4. The van der Waals surface area contributed by atoms with E-state index in [-0.39, 0.29) is 23.6 Å². The van der Waals surface area contributed by atoms with Crippen LogP contribution in [0.4, 0.5) is 0 Å². The first-order valence-corrected chi connectivity index (χ1v) is 7.05. The Morgan fingerprint density at radius 1 is 1.56 bits per heavy atom. The molecule has 0 aliphatic carbocycles. The Hall–Kier alpha value is -0.790. The van der Waals surface area contributed by atoms with Gasteiger partial charge in [-0.25, -0.2) is 9.89 Å². The Kier molecular flexibility index (Phi) is 5.90. The second kappa shape index (κ2) is 6.96. The van der Waals surface area contributed by atoms with Gasteiger partial charge in [0.15, 0.2) is 5.16 Å². The number of aliphatic hydroxyl groups is 1. The Morgan fingerprint density at radius 2 is 2.22 bits per heavy atom. The van der Waals surface area contributed by atoms with Crippen LogP contribution in [0.3, 0.4) is 0 Å². The highest BCUT2D eigenvalue weighted by molar-refractivity contribution is 7.99. The summed E-state index contributed by atoms with van der Waals surface area (Å²) in [6, 6.07) is -0.114. The maximum absolute atomic E-state index is 11.4. The van der Waals surface area contributed by atoms with Crippen LogP contribution >= 0.6 is 11.8 Å². The average Bonchev–Trinajstić information content (AvgIpc) is 2.65. The predicted octanol–water partition coefficient (Wildman–Crippen LogP) is 0.418. The smallest absolute Gasteiger partial charge is 0.343 e. The van der Waals surface area contributed by atoms with E-state index in [4.69, 9.17) is 5.73 Å². The molecule has 4 N–H and O–H groups in total. The van der Waals surface area contributed by atoms with E-state index in [1.165, 1.54) is 16.3 Å². The molecule has 104 valence electrons. The molecule has 0 saturated heterocycles. The summed E-state index contributed by atoms with van der Waals surface area (Å²) in [5.41, 5.74) is 5.84. The highest BCUT2D eigenvalue weighted by Crippen LogP contribution is 2.24. The number of hydrogen-bond donors (Lipinski definition) is 3. The van der Waals surface area contributed by atoms with Crippen LogP contribution in [0.1, 0.15) is 27.2 Å². The van der Waals surface area contributed by atoms with Crippen LogP contribution in [0.5, 0.6) is 0 Å². The lowest BCUT2D eigenvalue weighted by molar-refractivity contribution is 0.274. The molecule has 0 aromatic carbocycles. The summed E-state index contributed by atoms with van der Waals surface area (Å²) in [5, 5.41) is 16.2. The quantitative estimate of drug-likeness (QED) is 0.626. The van der Waals surface area contributed by atoms with Gasteiger partial charge in [-0.15, -0.1) is 5.10 Å². The minimum atomic E-state index is -0.228. The molecule has 0 fully saturated rings. The summed E-state index contributed by atoms with van der Waals surface area (Å²) in [6.07, 6.45) is 0.832. The van der Waals surface area contributed by atoms with Crippen LogP contribution < -0.4 is 11.4 Å². The molecule has 0 aliphatic heterocycles. The number of aliphatic hydroxyl groups excluding tert-OH is 1. The van der Waals surface area contributed by atoms with Gasteiger partial charge in [0, 0.05) is 12.6 Å². The fraction of sp³-hybridized carbons (Fsp3) is 0.818. The Balaban J connectivity index is 2.76. The highest BCUT2D eigenvalue weighted by atomic mass is 32.2. The normalized spacial score (nSPS) is 15.0. The van der Waals surface area contributed by atoms with Gasteiger partial charge in [0.2, 0.25) is 0 Å². The van der Waals surface area contributed by atoms with Crippen molar-refractivity contribution in [3.63, 3.8) is 0 Å². The van der Waals surface area contributed by atoms with E-state index >= 15 is 0 Å². The molecular formula is C11H22N4O2S.